The quantitative estimate of drug-likeness (QED) is 0.669. The lowest BCUT2D eigenvalue weighted by Gasteiger charge is -2.08. The van der Waals surface area contributed by atoms with Gasteiger partial charge in [0.1, 0.15) is 11.6 Å². The van der Waals surface area contributed by atoms with E-state index in [1.54, 1.807) is 37.4 Å². The zero-order chi connectivity index (χ0) is 14.5. The molecule has 0 aliphatic rings. The zero-order valence-corrected chi connectivity index (χ0v) is 11.3. The van der Waals surface area contributed by atoms with E-state index < -0.39 is 4.92 Å². The van der Waals surface area contributed by atoms with E-state index in [1.165, 1.54) is 6.07 Å². The van der Waals surface area contributed by atoms with Crippen LogP contribution in [0.1, 0.15) is 6.92 Å². The van der Waals surface area contributed by atoms with Crippen molar-refractivity contribution in [2.24, 2.45) is 0 Å². The predicted octanol–water partition coefficient (Wildman–Crippen LogP) is 3.10. The van der Waals surface area contributed by atoms with Crippen LogP contribution < -0.4 is 10.1 Å². The lowest BCUT2D eigenvalue weighted by atomic mass is 10.1. The van der Waals surface area contributed by atoms with Crippen molar-refractivity contribution in [1.82, 2.24) is 4.98 Å². The molecule has 0 saturated heterocycles. The van der Waals surface area contributed by atoms with Crippen molar-refractivity contribution in [2.75, 3.05) is 19.0 Å². The second-order valence-corrected chi connectivity index (χ2v) is 4.08. The summed E-state index contributed by atoms with van der Waals surface area (Å²) in [5.74, 6) is 1.24. The van der Waals surface area contributed by atoms with Crippen molar-refractivity contribution in [3.05, 3.63) is 46.5 Å². The van der Waals surface area contributed by atoms with Gasteiger partial charge in [0.25, 0.3) is 5.69 Å². The lowest BCUT2D eigenvalue weighted by Crippen LogP contribution is -2.02. The number of aromatic nitrogens is 1. The van der Waals surface area contributed by atoms with Crippen LogP contribution in [-0.4, -0.2) is 23.6 Å². The SMILES string of the molecule is CCNc1ccc([N+](=O)[O-])c(-c2cccc(OC)c2)n1. The highest BCUT2D eigenvalue weighted by atomic mass is 16.6. The van der Waals surface area contributed by atoms with E-state index in [4.69, 9.17) is 4.74 Å². The largest absolute Gasteiger partial charge is 0.497 e. The van der Waals surface area contributed by atoms with Gasteiger partial charge in [-0.3, -0.25) is 10.1 Å². The molecule has 1 N–H and O–H groups in total. The number of nitrogens with zero attached hydrogens (tertiary/aromatic N) is 2. The van der Waals surface area contributed by atoms with Gasteiger partial charge in [0.2, 0.25) is 0 Å². The lowest BCUT2D eigenvalue weighted by molar-refractivity contribution is -0.384. The van der Waals surface area contributed by atoms with Gasteiger partial charge in [-0.15, -0.1) is 0 Å². The summed E-state index contributed by atoms with van der Waals surface area (Å²) in [5.41, 5.74) is 0.947. The summed E-state index contributed by atoms with van der Waals surface area (Å²) in [6, 6.07) is 10.1. The second kappa shape index (κ2) is 6.01. The van der Waals surface area contributed by atoms with E-state index in [1.807, 2.05) is 6.92 Å². The van der Waals surface area contributed by atoms with Gasteiger partial charge < -0.3 is 10.1 Å². The van der Waals surface area contributed by atoms with Crippen LogP contribution in [-0.2, 0) is 0 Å². The molecule has 0 saturated carbocycles. The van der Waals surface area contributed by atoms with Crippen LogP contribution >= 0.6 is 0 Å². The minimum absolute atomic E-state index is 0.0279. The van der Waals surface area contributed by atoms with Crippen molar-refractivity contribution in [3.63, 3.8) is 0 Å². The molecule has 0 radical (unpaired) electrons. The molecule has 0 amide bonds. The number of ether oxygens (including phenoxy) is 1. The number of benzene rings is 1. The Hall–Kier alpha value is -2.63. The summed E-state index contributed by atoms with van der Waals surface area (Å²) >= 11 is 0. The van der Waals surface area contributed by atoms with E-state index in [9.17, 15) is 10.1 Å². The Morgan fingerprint density at radius 1 is 1.35 bits per heavy atom. The molecule has 6 nitrogen and oxygen atoms in total. The van der Waals surface area contributed by atoms with Gasteiger partial charge >= 0.3 is 0 Å². The van der Waals surface area contributed by atoms with Gasteiger partial charge in [-0.1, -0.05) is 12.1 Å². The Bertz CT molecular complexity index is 629. The van der Waals surface area contributed by atoms with Crippen LogP contribution in [0, 0.1) is 10.1 Å². The molecule has 0 unspecified atom stereocenters. The summed E-state index contributed by atoms with van der Waals surface area (Å²) in [6.07, 6.45) is 0. The summed E-state index contributed by atoms with van der Waals surface area (Å²) in [5, 5.41) is 14.2. The highest BCUT2D eigenvalue weighted by molar-refractivity contribution is 5.72. The molecule has 0 bridgehead atoms. The van der Waals surface area contributed by atoms with E-state index in [2.05, 4.69) is 10.3 Å². The van der Waals surface area contributed by atoms with Gasteiger partial charge in [0.05, 0.1) is 12.0 Å². The molecule has 6 heteroatoms. The first-order valence-corrected chi connectivity index (χ1v) is 6.19. The fourth-order valence-electron chi connectivity index (χ4n) is 1.86. The standard InChI is InChI=1S/C14H15N3O3/c1-3-15-13-8-7-12(17(18)19)14(16-13)10-5-4-6-11(9-10)20-2/h4-9H,3H2,1-2H3,(H,15,16). The van der Waals surface area contributed by atoms with Crippen molar-refractivity contribution in [2.45, 2.75) is 6.92 Å². The molecule has 0 fully saturated rings. The van der Waals surface area contributed by atoms with Gasteiger partial charge in [0, 0.05) is 18.2 Å². The number of hydrogen-bond donors (Lipinski definition) is 1. The summed E-state index contributed by atoms with van der Waals surface area (Å²) in [7, 11) is 1.55. The van der Waals surface area contributed by atoms with Crippen molar-refractivity contribution < 1.29 is 9.66 Å². The highest BCUT2D eigenvalue weighted by Gasteiger charge is 2.18. The van der Waals surface area contributed by atoms with Crippen molar-refractivity contribution in [3.8, 4) is 17.0 Å². The minimum Gasteiger partial charge on any atom is -0.497 e. The molecule has 0 atom stereocenters. The highest BCUT2D eigenvalue weighted by Crippen LogP contribution is 2.31. The fourth-order valence-corrected chi connectivity index (χ4v) is 1.86. The van der Waals surface area contributed by atoms with Gasteiger partial charge in [-0.05, 0) is 25.1 Å². The van der Waals surface area contributed by atoms with Crippen molar-refractivity contribution in [1.29, 1.82) is 0 Å². The van der Waals surface area contributed by atoms with Gasteiger partial charge in [-0.25, -0.2) is 4.98 Å². The van der Waals surface area contributed by atoms with Crippen LogP contribution in [0.25, 0.3) is 11.3 Å². The molecule has 1 heterocycles. The van der Waals surface area contributed by atoms with E-state index >= 15 is 0 Å². The third-order valence-corrected chi connectivity index (χ3v) is 2.77. The number of rotatable bonds is 5. The number of hydrogen-bond acceptors (Lipinski definition) is 5. The first-order valence-electron chi connectivity index (χ1n) is 6.19. The molecule has 2 aromatic rings. The molecule has 0 aliphatic carbocycles. The topological polar surface area (TPSA) is 77.3 Å². The number of methoxy groups -OCH3 is 1. The average Bonchev–Trinajstić information content (AvgIpc) is 2.47. The minimum atomic E-state index is -0.433. The van der Waals surface area contributed by atoms with Gasteiger partial charge in [-0.2, -0.15) is 0 Å². The third kappa shape index (κ3) is 2.85. The Kier molecular flexibility index (Phi) is 4.14. The number of nitrogens with one attached hydrogen (secondary N) is 1. The maximum atomic E-state index is 11.1. The molecule has 1 aromatic heterocycles. The Labute approximate surface area is 116 Å². The smallest absolute Gasteiger partial charge is 0.295 e. The molecule has 104 valence electrons. The second-order valence-electron chi connectivity index (χ2n) is 4.08. The van der Waals surface area contributed by atoms with Crippen LogP contribution in [0.15, 0.2) is 36.4 Å². The van der Waals surface area contributed by atoms with E-state index in [-0.39, 0.29) is 5.69 Å². The van der Waals surface area contributed by atoms with E-state index in [0.717, 1.165) is 0 Å². The van der Waals surface area contributed by atoms with Crippen LogP contribution in [0.2, 0.25) is 0 Å². The molecule has 0 aliphatic heterocycles. The van der Waals surface area contributed by atoms with Crippen molar-refractivity contribution >= 4 is 11.5 Å². The Balaban J connectivity index is 2.56. The van der Waals surface area contributed by atoms with Crippen LogP contribution in [0.5, 0.6) is 5.75 Å². The number of anilines is 1. The first kappa shape index (κ1) is 13.8. The molecule has 0 spiro atoms. The molecular weight excluding hydrogens is 258 g/mol. The predicted molar refractivity (Wildman–Crippen MR) is 77.0 cm³/mol. The monoisotopic (exact) mass is 273 g/mol. The Morgan fingerprint density at radius 3 is 2.80 bits per heavy atom. The molecular formula is C14H15N3O3. The normalized spacial score (nSPS) is 10.1. The fraction of sp³-hybridized carbons (Fsp3) is 0.214. The average molecular weight is 273 g/mol. The summed E-state index contributed by atoms with van der Waals surface area (Å²) in [4.78, 5) is 15.0. The van der Waals surface area contributed by atoms with Gasteiger partial charge in [0.15, 0.2) is 5.69 Å². The summed E-state index contributed by atoms with van der Waals surface area (Å²) < 4.78 is 5.14. The maximum absolute atomic E-state index is 11.1. The Morgan fingerprint density at radius 2 is 2.15 bits per heavy atom. The van der Waals surface area contributed by atoms with Crippen LogP contribution in [0.4, 0.5) is 11.5 Å². The molecule has 20 heavy (non-hydrogen) atoms. The number of nitro groups is 1. The molecule has 1 aromatic carbocycles. The molecule has 2 rings (SSSR count). The van der Waals surface area contributed by atoms with E-state index in [0.29, 0.717) is 29.4 Å². The zero-order valence-electron chi connectivity index (χ0n) is 11.3. The third-order valence-electron chi connectivity index (χ3n) is 2.77. The summed E-state index contributed by atoms with van der Waals surface area (Å²) in [6.45, 7) is 2.64. The number of pyridine rings is 1. The van der Waals surface area contributed by atoms with Crippen LogP contribution in [0.3, 0.4) is 0 Å². The maximum Gasteiger partial charge on any atom is 0.295 e. The first-order chi connectivity index (χ1) is 9.65.